The van der Waals surface area contributed by atoms with Crippen molar-refractivity contribution in [2.24, 2.45) is 0 Å². The quantitative estimate of drug-likeness (QED) is 0.814. The standard InChI is InChI=1S/C18H27NO5S/c1-5-23-14-7-6-8-16(13-14)25(21,22)15-9-11-19(12-10-15)17(20)24-18(2,3)4/h6-8,13,15H,5,9-12H2,1-4H3. The largest absolute Gasteiger partial charge is 0.494 e. The van der Waals surface area contributed by atoms with Crippen molar-refractivity contribution in [3.8, 4) is 5.75 Å². The highest BCUT2D eigenvalue weighted by molar-refractivity contribution is 7.92. The van der Waals surface area contributed by atoms with E-state index in [1.54, 1.807) is 29.2 Å². The topological polar surface area (TPSA) is 72.9 Å². The van der Waals surface area contributed by atoms with E-state index in [9.17, 15) is 13.2 Å². The molecule has 1 fully saturated rings. The molecule has 25 heavy (non-hydrogen) atoms. The summed E-state index contributed by atoms with van der Waals surface area (Å²) in [5, 5.41) is -0.497. The maximum atomic E-state index is 12.9. The fourth-order valence-electron chi connectivity index (χ4n) is 2.78. The summed E-state index contributed by atoms with van der Waals surface area (Å²) in [6.07, 6.45) is 0.419. The number of nitrogens with zero attached hydrogens (tertiary/aromatic N) is 1. The van der Waals surface area contributed by atoms with E-state index in [4.69, 9.17) is 9.47 Å². The number of sulfone groups is 1. The number of likely N-dealkylation sites (tertiary alicyclic amines) is 1. The maximum absolute atomic E-state index is 12.9. The van der Waals surface area contributed by atoms with E-state index in [-0.39, 0.29) is 11.0 Å². The summed E-state index contributed by atoms with van der Waals surface area (Å²) in [6.45, 7) is 8.54. The Morgan fingerprint density at radius 1 is 1.24 bits per heavy atom. The van der Waals surface area contributed by atoms with Crippen molar-refractivity contribution in [2.75, 3.05) is 19.7 Å². The highest BCUT2D eigenvalue weighted by Gasteiger charge is 2.34. The molecule has 2 rings (SSSR count). The van der Waals surface area contributed by atoms with E-state index in [2.05, 4.69) is 0 Å². The molecule has 1 aromatic rings. The Balaban J connectivity index is 2.04. The molecule has 0 aromatic heterocycles. The second-order valence-corrected chi connectivity index (χ2v) is 9.35. The third-order valence-electron chi connectivity index (χ3n) is 3.98. The number of rotatable bonds is 4. The lowest BCUT2D eigenvalue weighted by atomic mass is 10.1. The minimum Gasteiger partial charge on any atom is -0.494 e. The molecular formula is C18H27NO5S. The smallest absolute Gasteiger partial charge is 0.410 e. The van der Waals surface area contributed by atoms with Crippen LogP contribution in [0.3, 0.4) is 0 Å². The molecule has 0 unspecified atom stereocenters. The molecule has 1 aliphatic rings. The van der Waals surface area contributed by atoms with Crippen LogP contribution in [0.5, 0.6) is 5.75 Å². The van der Waals surface area contributed by atoms with Gasteiger partial charge in [-0.25, -0.2) is 13.2 Å². The molecule has 140 valence electrons. The zero-order valence-electron chi connectivity index (χ0n) is 15.3. The van der Waals surface area contributed by atoms with Gasteiger partial charge in [-0.1, -0.05) is 6.07 Å². The van der Waals surface area contributed by atoms with Crippen LogP contribution in [0, 0.1) is 0 Å². The minimum absolute atomic E-state index is 0.272. The first-order valence-corrected chi connectivity index (χ1v) is 10.1. The molecule has 0 radical (unpaired) electrons. The summed E-state index contributed by atoms with van der Waals surface area (Å²) in [7, 11) is -3.45. The Hall–Kier alpha value is -1.76. The zero-order chi connectivity index (χ0) is 18.7. The molecule has 0 spiro atoms. The molecule has 0 N–H and O–H groups in total. The Bertz CT molecular complexity index is 700. The van der Waals surface area contributed by atoms with Gasteiger partial charge in [0.25, 0.3) is 0 Å². The van der Waals surface area contributed by atoms with E-state index in [0.29, 0.717) is 38.3 Å². The van der Waals surface area contributed by atoms with Crippen LogP contribution in [0.2, 0.25) is 0 Å². The van der Waals surface area contributed by atoms with Crippen LogP contribution in [0.15, 0.2) is 29.2 Å². The fourth-order valence-corrected chi connectivity index (χ4v) is 4.54. The van der Waals surface area contributed by atoms with Crippen LogP contribution in [0.1, 0.15) is 40.5 Å². The molecule has 1 saturated heterocycles. The third kappa shape index (κ3) is 5.11. The number of carbonyl (C=O) groups excluding carboxylic acids is 1. The van der Waals surface area contributed by atoms with E-state index < -0.39 is 20.7 Å². The first-order chi connectivity index (χ1) is 11.6. The number of amides is 1. The SMILES string of the molecule is CCOc1cccc(S(=O)(=O)C2CCN(C(=O)OC(C)(C)C)CC2)c1. The van der Waals surface area contributed by atoms with Gasteiger partial charge >= 0.3 is 6.09 Å². The molecule has 0 atom stereocenters. The Morgan fingerprint density at radius 2 is 1.88 bits per heavy atom. The lowest BCUT2D eigenvalue weighted by Crippen LogP contribution is -2.44. The predicted molar refractivity (Wildman–Crippen MR) is 95.6 cm³/mol. The van der Waals surface area contributed by atoms with Crippen molar-refractivity contribution >= 4 is 15.9 Å². The van der Waals surface area contributed by atoms with Gasteiger partial charge in [0.1, 0.15) is 11.4 Å². The lowest BCUT2D eigenvalue weighted by Gasteiger charge is -2.33. The normalized spacial score (nSPS) is 16.6. The van der Waals surface area contributed by atoms with Crippen LogP contribution < -0.4 is 4.74 Å². The number of carbonyl (C=O) groups is 1. The van der Waals surface area contributed by atoms with Gasteiger partial charge in [0.2, 0.25) is 0 Å². The van der Waals surface area contributed by atoms with Crippen LogP contribution in [0.4, 0.5) is 4.79 Å². The molecule has 0 aliphatic carbocycles. The minimum atomic E-state index is -3.45. The summed E-state index contributed by atoms with van der Waals surface area (Å²) < 4.78 is 36.5. The number of piperidine rings is 1. The first-order valence-electron chi connectivity index (χ1n) is 8.58. The molecular weight excluding hydrogens is 342 g/mol. The number of hydrogen-bond acceptors (Lipinski definition) is 5. The summed E-state index contributed by atoms with van der Waals surface area (Å²) in [5.41, 5.74) is -0.556. The van der Waals surface area contributed by atoms with Gasteiger partial charge in [-0.3, -0.25) is 0 Å². The number of ether oxygens (including phenoxy) is 2. The van der Waals surface area contributed by atoms with Gasteiger partial charge in [-0.05, 0) is 58.7 Å². The van der Waals surface area contributed by atoms with Crippen LogP contribution in [0.25, 0.3) is 0 Å². The van der Waals surface area contributed by atoms with Crippen LogP contribution >= 0.6 is 0 Å². The van der Waals surface area contributed by atoms with Crippen molar-refractivity contribution < 1.29 is 22.7 Å². The number of hydrogen-bond donors (Lipinski definition) is 0. The molecule has 1 aliphatic heterocycles. The van der Waals surface area contributed by atoms with Crippen molar-refractivity contribution in [3.63, 3.8) is 0 Å². The summed E-state index contributed by atoms with van der Waals surface area (Å²) in [6, 6.07) is 6.60. The highest BCUT2D eigenvalue weighted by atomic mass is 32.2. The molecule has 0 bridgehead atoms. The van der Waals surface area contributed by atoms with Crippen LogP contribution in [-0.2, 0) is 14.6 Å². The Kier molecular flexibility index (Phi) is 5.98. The second kappa shape index (κ2) is 7.64. The molecule has 6 nitrogen and oxygen atoms in total. The van der Waals surface area contributed by atoms with Crippen LogP contribution in [-0.4, -0.2) is 50.0 Å². The van der Waals surface area contributed by atoms with E-state index in [1.165, 1.54) is 0 Å². The average Bonchev–Trinajstić information content (AvgIpc) is 2.54. The Morgan fingerprint density at radius 3 is 2.44 bits per heavy atom. The van der Waals surface area contributed by atoms with Gasteiger partial charge in [-0.2, -0.15) is 0 Å². The van der Waals surface area contributed by atoms with Gasteiger partial charge in [0.15, 0.2) is 9.84 Å². The molecule has 1 aromatic carbocycles. The van der Waals surface area contributed by atoms with Gasteiger partial charge in [-0.15, -0.1) is 0 Å². The molecule has 0 saturated carbocycles. The van der Waals surface area contributed by atoms with E-state index in [1.807, 2.05) is 27.7 Å². The van der Waals surface area contributed by atoms with Crippen molar-refractivity contribution in [1.29, 1.82) is 0 Å². The fraction of sp³-hybridized carbons (Fsp3) is 0.611. The van der Waals surface area contributed by atoms with Gasteiger partial charge in [0, 0.05) is 13.1 Å². The predicted octanol–water partition coefficient (Wildman–Crippen LogP) is 3.26. The maximum Gasteiger partial charge on any atom is 0.410 e. The molecule has 1 amide bonds. The Labute approximate surface area is 150 Å². The van der Waals surface area contributed by atoms with E-state index in [0.717, 1.165) is 0 Å². The highest BCUT2D eigenvalue weighted by Crippen LogP contribution is 2.27. The average molecular weight is 369 g/mol. The first kappa shape index (κ1) is 19.6. The summed E-state index contributed by atoms with van der Waals surface area (Å²) in [4.78, 5) is 13.9. The van der Waals surface area contributed by atoms with Crippen molar-refractivity contribution in [3.05, 3.63) is 24.3 Å². The zero-order valence-corrected chi connectivity index (χ0v) is 16.1. The van der Waals surface area contributed by atoms with E-state index >= 15 is 0 Å². The second-order valence-electron chi connectivity index (χ2n) is 7.12. The lowest BCUT2D eigenvalue weighted by molar-refractivity contribution is 0.0217. The molecule has 1 heterocycles. The van der Waals surface area contributed by atoms with Gasteiger partial charge < -0.3 is 14.4 Å². The molecule has 7 heteroatoms. The third-order valence-corrected chi connectivity index (χ3v) is 6.24. The summed E-state index contributed by atoms with van der Waals surface area (Å²) >= 11 is 0. The van der Waals surface area contributed by atoms with Crippen molar-refractivity contribution in [1.82, 2.24) is 4.90 Å². The van der Waals surface area contributed by atoms with Crippen molar-refractivity contribution in [2.45, 2.75) is 56.3 Å². The van der Waals surface area contributed by atoms with Gasteiger partial charge in [0.05, 0.1) is 16.8 Å². The number of benzene rings is 1. The summed E-state index contributed by atoms with van der Waals surface area (Å²) in [5.74, 6) is 0.551. The monoisotopic (exact) mass is 369 g/mol.